The summed E-state index contributed by atoms with van der Waals surface area (Å²) in [6.07, 6.45) is 4.84. The minimum atomic E-state index is 0.290. The number of thiophene rings is 1. The van der Waals surface area contributed by atoms with Crippen LogP contribution in [0.15, 0.2) is 12.1 Å². The lowest BCUT2D eigenvalue weighted by Crippen LogP contribution is -2.16. The standard InChI is InChI=1S/C11H19NS/c1-3-4-5-10-6-7-11(13-10)8-9(2)12/h6-7,9H,3-5,8,12H2,1-2H3. The molecule has 0 aliphatic rings. The predicted octanol–water partition coefficient (Wildman–Crippen LogP) is 2.98. The predicted molar refractivity (Wildman–Crippen MR) is 60.3 cm³/mol. The summed E-state index contributed by atoms with van der Waals surface area (Å²) in [6.45, 7) is 4.29. The van der Waals surface area contributed by atoms with Crippen LogP contribution in [0.2, 0.25) is 0 Å². The lowest BCUT2D eigenvalue weighted by atomic mass is 10.2. The summed E-state index contributed by atoms with van der Waals surface area (Å²) in [6, 6.07) is 4.76. The van der Waals surface area contributed by atoms with E-state index in [0.717, 1.165) is 6.42 Å². The van der Waals surface area contributed by atoms with Crippen molar-refractivity contribution in [2.75, 3.05) is 0 Å². The summed E-state index contributed by atoms with van der Waals surface area (Å²) >= 11 is 1.92. The molecule has 1 aromatic rings. The van der Waals surface area contributed by atoms with Gasteiger partial charge < -0.3 is 5.73 Å². The highest BCUT2D eigenvalue weighted by molar-refractivity contribution is 7.11. The molecule has 0 saturated heterocycles. The van der Waals surface area contributed by atoms with E-state index in [2.05, 4.69) is 26.0 Å². The fraction of sp³-hybridized carbons (Fsp3) is 0.636. The lowest BCUT2D eigenvalue weighted by molar-refractivity contribution is 0.746. The van der Waals surface area contributed by atoms with Crippen LogP contribution in [-0.2, 0) is 12.8 Å². The Kier molecular flexibility index (Phi) is 4.46. The summed E-state index contributed by atoms with van der Waals surface area (Å²) in [5.74, 6) is 0. The zero-order valence-corrected chi connectivity index (χ0v) is 9.36. The van der Waals surface area contributed by atoms with Crippen LogP contribution in [0.4, 0.5) is 0 Å². The molecule has 1 atom stereocenters. The van der Waals surface area contributed by atoms with Gasteiger partial charge in [0.05, 0.1) is 0 Å². The average Bonchev–Trinajstić information content (AvgIpc) is 2.48. The Labute approximate surface area is 85.0 Å². The van der Waals surface area contributed by atoms with E-state index in [0.29, 0.717) is 0 Å². The van der Waals surface area contributed by atoms with Crippen LogP contribution in [-0.4, -0.2) is 6.04 Å². The molecule has 0 amide bonds. The number of rotatable bonds is 5. The molecule has 1 unspecified atom stereocenters. The van der Waals surface area contributed by atoms with Gasteiger partial charge in [-0.25, -0.2) is 0 Å². The van der Waals surface area contributed by atoms with Gasteiger partial charge in [0.25, 0.3) is 0 Å². The summed E-state index contributed by atoms with van der Waals surface area (Å²) in [7, 11) is 0. The van der Waals surface area contributed by atoms with Crippen molar-refractivity contribution in [2.45, 2.75) is 45.6 Å². The first kappa shape index (κ1) is 10.7. The molecule has 1 rings (SSSR count). The largest absolute Gasteiger partial charge is 0.328 e. The summed E-state index contributed by atoms with van der Waals surface area (Å²) < 4.78 is 0. The van der Waals surface area contributed by atoms with Crippen molar-refractivity contribution in [2.24, 2.45) is 5.73 Å². The molecular formula is C11H19NS. The molecule has 0 aliphatic heterocycles. The number of hydrogen-bond donors (Lipinski definition) is 1. The van der Waals surface area contributed by atoms with Gasteiger partial charge in [-0.15, -0.1) is 11.3 Å². The van der Waals surface area contributed by atoms with Crippen LogP contribution in [0, 0.1) is 0 Å². The second-order valence-electron chi connectivity index (χ2n) is 3.65. The fourth-order valence-corrected chi connectivity index (χ4v) is 2.54. The molecule has 1 aromatic heterocycles. The summed E-state index contributed by atoms with van der Waals surface area (Å²) in [5, 5.41) is 0. The van der Waals surface area contributed by atoms with E-state index in [1.165, 1.54) is 29.0 Å². The molecular weight excluding hydrogens is 178 g/mol. The van der Waals surface area contributed by atoms with Crippen LogP contribution < -0.4 is 5.73 Å². The Morgan fingerprint density at radius 3 is 2.69 bits per heavy atom. The number of aryl methyl sites for hydroxylation is 1. The highest BCUT2D eigenvalue weighted by Gasteiger charge is 2.01. The van der Waals surface area contributed by atoms with Crippen LogP contribution in [0.25, 0.3) is 0 Å². The van der Waals surface area contributed by atoms with Crippen molar-refractivity contribution in [1.29, 1.82) is 0 Å². The quantitative estimate of drug-likeness (QED) is 0.771. The second-order valence-corrected chi connectivity index (χ2v) is 4.91. The van der Waals surface area contributed by atoms with Gasteiger partial charge in [-0.3, -0.25) is 0 Å². The fourth-order valence-electron chi connectivity index (χ4n) is 1.33. The minimum Gasteiger partial charge on any atom is -0.328 e. The van der Waals surface area contributed by atoms with Crippen molar-refractivity contribution in [1.82, 2.24) is 0 Å². The van der Waals surface area contributed by atoms with Gasteiger partial charge in [-0.2, -0.15) is 0 Å². The van der Waals surface area contributed by atoms with Gasteiger partial charge in [0.1, 0.15) is 0 Å². The van der Waals surface area contributed by atoms with E-state index in [4.69, 9.17) is 5.73 Å². The van der Waals surface area contributed by atoms with Crippen molar-refractivity contribution >= 4 is 11.3 Å². The number of nitrogens with two attached hydrogens (primary N) is 1. The van der Waals surface area contributed by atoms with Gasteiger partial charge in [0, 0.05) is 15.8 Å². The zero-order valence-electron chi connectivity index (χ0n) is 8.55. The highest BCUT2D eigenvalue weighted by atomic mass is 32.1. The highest BCUT2D eigenvalue weighted by Crippen LogP contribution is 2.19. The van der Waals surface area contributed by atoms with Gasteiger partial charge in [-0.1, -0.05) is 13.3 Å². The van der Waals surface area contributed by atoms with E-state index in [9.17, 15) is 0 Å². The first-order chi connectivity index (χ1) is 6.22. The van der Waals surface area contributed by atoms with E-state index in [1.807, 2.05) is 11.3 Å². The molecule has 0 aromatic carbocycles. The maximum atomic E-state index is 5.74. The third-order valence-electron chi connectivity index (χ3n) is 2.02. The zero-order chi connectivity index (χ0) is 9.68. The topological polar surface area (TPSA) is 26.0 Å². The van der Waals surface area contributed by atoms with Gasteiger partial charge >= 0.3 is 0 Å². The van der Waals surface area contributed by atoms with Crippen LogP contribution in [0.1, 0.15) is 36.4 Å². The van der Waals surface area contributed by atoms with E-state index >= 15 is 0 Å². The Morgan fingerprint density at radius 1 is 1.38 bits per heavy atom. The molecule has 0 fully saturated rings. The first-order valence-electron chi connectivity index (χ1n) is 5.05. The molecule has 0 spiro atoms. The van der Waals surface area contributed by atoms with Crippen LogP contribution >= 0.6 is 11.3 Å². The molecule has 13 heavy (non-hydrogen) atoms. The second kappa shape index (κ2) is 5.40. The third-order valence-corrected chi connectivity index (χ3v) is 3.18. The molecule has 74 valence electrons. The van der Waals surface area contributed by atoms with E-state index in [-0.39, 0.29) is 6.04 Å². The monoisotopic (exact) mass is 197 g/mol. The van der Waals surface area contributed by atoms with Crippen molar-refractivity contribution < 1.29 is 0 Å². The Balaban J connectivity index is 2.44. The van der Waals surface area contributed by atoms with E-state index < -0.39 is 0 Å². The molecule has 0 radical (unpaired) electrons. The summed E-state index contributed by atoms with van der Waals surface area (Å²) in [4.78, 5) is 2.94. The molecule has 1 nitrogen and oxygen atoms in total. The van der Waals surface area contributed by atoms with Gasteiger partial charge in [0.2, 0.25) is 0 Å². The summed E-state index contributed by atoms with van der Waals surface area (Å²) in [5.41, 5.74) is 5.74. The van der Waals surface area contributed by atoms with Crippen LogP contribution in [0.5, 0.6) is 0 Å². The molecule has 1 heterocycles. The molecule has 2 N–H and O–H groups in total. The molecule has 0 bridgehead atoms. The first-order valence-corrected chi connectivity index (χ1v) is 5.87. The number of hydrogen-bond acceptors (Lipinski definition) is 2. The Hall–Kier alpha value is -0.340. The Bertz CT molecular complexity index is 240. The molecule has 0 aliphatic carbocycles. The normalized spacial score (nSPS) is 13.2. The van der Waals surface area contributed by atoms with E-state index in [1.54, 1.807) is 0 Å². The maximum Gasteiger partial charge on any atom is 0.00634 e. The third kappa shape index (κ3) is 3.92. The van der Waals surface area contributed by atoms with Gasteiger partial charge in [0.15, 0.2) is 0 Å². The molecule has 2 heteroatoms. The van der Waals surface area contributed by atoms with Crippen molar-refractivity contribution in [3.8, 4) is 0 Å². The average molecular weight is 197 g/mol. The van der Waals surface area contributed by atoms with Crippen molar-refractivity contribution in [3.63, 3.8) is 0 Å². The maximum absolute atomic E-state index is 5.74. The smallest absolute Gasteiger partial charge is 0.00634 e. The van der Waals surface area contributed by atoms with Gasteiger partial charge in [-0.05, 0) is 38.3 Å². The minimum absolute atomic E-state index is 0.290. The SMILES string of the molecule is CCCCc1ccc(CC(C)N)s1. The Morgan fingerprint density at radius 2 is 2.08 bits per heavy atom. The molecule has 0 saturated carbocycles. The van der Waals surface area contributed by atoms with Crippen LogP contribution in [0.3, 0.4) is 0 Å². The lowest BCUT2D eigenvalue weighted by Gasteiger charge is -2.00. The number of unbranched alkanes of at least 4 members (excludes halogenated alkanes) is 1. The van der Waals surface area contributed by atoms with Crippen molar-refractivity contribution in [3.05, 3.63) is 21.9 Å².